The predicted octanol–water partition coefficient (Wildman–Crippen LogP) is 2.78. The minimum Gasteiger partial charge on any atom is -0.390 e. The quantitative estimate of drug-likeness (QED) is 0.840. The van der Waals surface area contributed by atoms with Crippen molar-refractivity contribution in [1.82, 2.24) is 0 Å². The van der Waals surface area contributed by atoms with E-state index in [1.165, 1.54) is 0 Å². The highest BCUT2D eigenvalue weighted by molar-refractivity contribution is 7.91. The van der Waals surface area contributed by atoms with Gasteiger partial charge in [-0.25, -0.2) is 8.42 Å². The number of rotatable bonds is 5. The minimum absolute atomic E-state index is 0.163. The second-order valence-corrected chi connectivity index (χ2v) is 9.39. The van der Waals surface area contributed by atoms with Gasteiger partial charge in [0.15, 0.2) is 0 Å². The van der Waals surface area contributed by atoms with Crippen molar-refractivity contribution in [2.75, 3.05) is 11.5 Å². The van der Waals surface area contributed by atoms with E-state index in [9.17, 15) is 13.5 Å². The molecule has 0 aromatic rings. The highest BCUT2D eigenvalue weighted by atomic mass is 32.2. The lowest BCUT2D eigenvalue weighted by molar-refractivity contribution is -0.0638. The second-order valence-electron chi connectivity index (χ2n) is 6.92. The van der Waals surface area contributed by atoms with Crippen LogP contribution in [0.4, 0.5) is 0 Å². The molecule has 1 aliphatic carbocycles. The summed E-state index contributed by atoms with van der Waals surface area (Å²) >= 11 is 0. The Kier molecular flexibility index (Phi) is 4.87. The lowest BCUT2D eigenvalue weighted by atomic mass is 9.65. The summed E-state index contributed by atoms with van der Waals surface area (Å²) < 4.78 is 22.9. The van der Waals surface area contributed by atoms with Gasteiger partial charge < -0.3 is 5.11 Å². The highest BCUT2D eigenvalue weighted by Gasteiger charge is 2.41. The first-order valence-electron chi connectivity index (χ1n) is 7.00. The molecule has 0 bridgehead atoms. The van der Waals surface area contributed by atoms with Gasteiger partial charge in [0.1, 0.15) is 9.84 Å². The fraction of sp³-hybridized carbons (Fsp3) is 1.00. The number of aliphatic hydroxyl groups is 1. The van der Waals surface area contributed by atoms with Gasteiger partial charge in [-0.15, -0.1) is 0 Å². The van der Waals surface area contributed by atoms with Crippen molar-refractivity contribution in [2.45, 2.75) is 65.4 Å². The van der Waals surface area contributed by atoms with E-state index < -0.39 is 15.4 Å². The van der Waals surface area contributed by atoms with Crippen LogP contribution in [0.1, 0.15) is 59.8 Å². The van der Waals surface area contributed by atoms with E-state index in [1.54, 1.807) is 6.92 Å². The normalized spacial score (nSPS) is 32.4. The van der Waals surface area contributed by atoms with Crippen LogP contribution in [0.5, 0.6) is 0 Å². The van der Waals surface area contributed by atoms with Crippen LogP contribution < -0.4 is 0 Å². The van der Waals surface area contributed by atoms with Crippen molar-refractivity contribution >= 4 is 9.84 Å². The van der Waals surface area contributed by atoms with Crippen LogP contribution in [0.3, 0.4) is 0 Å². The van der Waals surface area contributed by atoms with Crippen LogP contribution in [-0.2, 0) is 9.84 Å². The van der Waals surface area contributed by atoms with Crippen LogP contribution in [0, 0.1) is 11.3 Å². The molecular formula is C14H28O3S. The zero-order valence-corrected chi connectivity index (χ0v) is 13.0. The average Bonchev–Trinajstić information content (AvgIpc) is 2.12. The number of sulfone groups is 1. The molecule has 1 saturated carbocycles. The maximum Gasteiger partial charge on any atom is 0.150 e. The van der Waals surface area contributed by atoms with Gasteiger partial charge in [-0.05, 0) is 43.4 Å². The van der Waals surface area contributed by atoms with E-state index in [0.29, 0.717) is 18.8 Å². The minimum atomic E-state index is -2.90. The fourth-order valence-corrected chi connectivity index (χ4v) is 4.53. The van der Waals surface area contributed by atoms with Crippen molar-refractivity contribution in [3.63, 3.8) is 0 Å². The Hall–Kier alpha value is -0.0900. The topological polar surface area (TPSA) is 54.4 Å². The summed E-state index contributed by atoms with van der Waals surface area (Å²) in [5.74, 6) is 0.926. The molecule has 4 heteroatoms. The van der Waals surface area contributed by atoms with Gasteiger partial charge in [-0.1, -0.05) is 27.7 Å². The van der Waals surface area contributed by atoms with E-state index in [0.717, 1.165) is 19.3 Å². The monoisotopic (exact) mass is 276 g/mol. The van der Waals surface area contributed by atoms with Crippen molar-refractivity contribution in [3.05, 3.63) is 0 Å². The Bertz CT molecular complexity index is 373. The second kappa shape index (κ2) is 5.49. The molecule has 2 atom stereocenters. The average molecular weight is 276 g/mol. The molecule has 108 valence electrons. The summed E-state index contributed by atoms with van der Waals surface area (Å²) in [4.78, 5) is 0. The molecule has 0 amide bonds. The molecule has 18 heavy (non-hydrogen) atoms. The van der Waals surface area contributed by atoms with E-state index in [4.69, 9.17) is 0 Å². The molecule has 0 radical (unpaired) electrons. The van der Waals surface area contributed by atoms with Gasteiger partial charge in [0.05, 0.1) is 11.4 Å². The molecule has 2 unspecified atom stereocenters. The van der Waals surface area contributed by atoms with E-state index in [2.05, 4.69) is 20.8 Å². The van der Waals surface area contributed by atoms with Crippen molar-refractivity contribution in [3.8, 4) is 0 Å². The van der Waals surface area contributed by atoms with Crippen LogP contribution in [-0.4, -0.2) is 30.6 Å². The van der Waals surface area contributed by atoms with Crippen LogP contribution in [0.25, 0.3) is 0 Å². The van der Waals surface area contributed by atoms with Gasteiger partial charge in [0.25, 0.3) is 0 Å². The first-order valence-corrected chi connectivity index (χ1v) is 8.82. The Labute approximate surface area is 112 Å². The first-order chi connectivity index (χ1) is 8.08. The Balaban J connectivity index is 2.54. The van der Waals surface area contributed by atoms with Crippen molar-refractivity contribution in [1.29, 1.82) is 0 Å². The molecular weight excluding hydrogens is 248 g/mol. The van der Waals surface area contributed by atoms with Gasteiger partial charge in [-0.2, -0.15) is 0 Å². The first kappa shape index (κ1) is 16.0. The summed E-state index contributed by atoms with van der Waals surface area (Å²) in [5, 5.41) is 10.7. The van der Waals surface area contributed by atoms with Gasteiger partial charge in [-0.3, -0.25) is 0 Å². The van der Waals surface area contributed by atoms with Crippen LogP contribution in [0.15, 0.2) is 0 Å². The molecule has 1 aliphatic rings. The molecule has 0 aromatic heterocycles. The van der Waals surface area contributed by atoms with Crippen molar-refractivity contribution < 1.29 is 13.5 Å². The molecule has 0 aliphatic heterocycles. The van der Waals surface area contributed by atoms with E-state index in [-0.39, 0.29) is 16.9 Å². The molecule has 1 fully saturated rings. The van der Waals surface area contributed by atoms with E-state index in [1.807, 2.05) is 0 Å². The standard InChI is InChI=1S/C14H28O3S/c1-5-18(16,17)8-6-7-14(15)10-12(2)9-13(3,4)11-14/h12,15H,5-11H2,1-4H3. The van der Waals surface area contributed by atoms with E-state index >= 15 is 0 Å². The molecule has 1 N–H and O–H groups in total. The Morgan fingerprint density at radius 2 is 1.89 bits per heavy atom. The lowest BCUT2D eigenvalue weighted by Crippen LogP contribution is -2.42. The SMILES string of the molecule is CCS(=O)(=O)CCCC1(O)CC(C)CC(C)(C)C1. The van der Waals surface area contributed by atoms with Gasteiger partial charge >= 0.3 is 0 Å². The Morgan fingerprint density at radius 3 is 2.39 bits per heavy atom. The third-order valence-corrected chi connectivity index (χ3v) is 5.76. The Morgan fingerprint density at radius 1 is 1.28 bits per heavy atom. The smallest absolute Gasteiger partial charge is 0.150 e. The number of hydrogen-bond acceptors (Lipinski definition) is 3. The number of hydrogen-bond donors (Lipinski definition) is 1. The summed E-state index contributed by atoms with van der Waals surface area (Å²) in [6.07, 6.45) is 3.93. The summed E-state index contributed by atoms with van der Waals surface area (Å²) in [6, 6.07) is 0. The predicted molar refractivity (Wildman–Crippen MR) is 75.3 cm³/mol. The highest BCUT2D eigenvalue weighted by Crippen LogP contribution is 2.45. The third-order valence-electron chi connectivity index (χ3n) is 3.97. The largest absolute Gasteiger partial charge is 0.390 e. The van der Waals surface area contributed by atoms with Gasteiger partial charge in [0, 0.05) is 5.75 Å². The molecule has 1 rings (SSSR count). The molecule has 0 aromatic carbocycles. The zero-order chi connectivity index (χ0) is 14.0. The lowest BCUT2D eigenvalue weighted by Gasteiger charge is -2.44. The van der Waals surface area contributed by atoms with Gasteiger partial charge in [0.2, 0.25) is 0 Å². The maximum absolute atomic E-state index is 11.5. The van der Waals surface area contributed by atoms with Crippen LogP contribution >= 0.6 is 0 Å². The summed E-state index contributed by atoms with van der Waals surface area (Å²) in [7, 11) is -2.90. The van der Waals surface area contributed by atoms with Crippen LogP contribution in [0.2, 0.25) is 0 Å². The molecule has 0 spiro atoms. The fourth-order valence-electron chi connectivity index (χ4n) is 3.66. The zero-order valence-electron chi connectivity index (χ0n) is 12.2. The third kappa shape index (κ3) is 4.88. The maximum atomic E-state index is 11.5. The van der Waals surface area contributed by atoms with Crippen molar-refractivity contribution in [2.24, 2.45) is 11.3 Å². The summed E-state index contributed by atoms with van der Waals surface area (Å²) in [6.45, 7) is 8.23. The summed E-state index contributed by atoms with van der Waals surface area (Å²) in [5.41, 5.74) is -0.500. The molecule has 0 heterocycles. The molecule has 3 nitrogen and oxygen atoms in total. The molecule has 0 saturated heterocycles.